The van der Waals surface area contributed by atoms with Crippen molar-refractivity contribution in [1.29, 1.82) is 0 Å². The fourth-order valence-corrected chi connectivity index (χ4v) is 4.97. The van der Waals surface area contributed by atoms with Crippen LogP contribution < -0.4 is 0 Å². The summed E-state index contributed by atoms with van der Waals surface area (Å²) in [5.41, 5.74) is -0.389. The second-order valence-corrected chi connectivity index (χ2v) is 7.73. The predicted molar refractivity (Wildman–Crippen MR) is 91.8 cm³/mol. The average Bonchev–Trinajstić information content (AvgIpc) is 3.36. The number of nitrogens with zero attached hydrogens (tertiary/aromatic N) is 1. The average molecular weight is 347 g/mol. The van der Waals surface area contributed by atoms with Crippen molar-refractivity contribution in [1.82, 2.24) is 4.90 Å². The van der Waals surface area contributed by atoms with Gasteiger partial charge in [0.2, 0.25) is 5.91 Å². The van der Waals surface area contributed by atoms with Gasteiger partial charge in [0.05, 0.1) is 23.2 Å². The lowest BCUT2D eigenvalue weighted by atomic mass is 9.78. The highest BCUT2D eigenvalue weighted by Gasteiger charge is 2.60. The molecule has 4 rings (SSSR count). The Morgan fingerprint density at radius 3 is 2.60 bits per heavy atom. The Hall–Kier alpha value is -1.46. The number of carbonyl (C=O) groups is 1. The van der Waals surface area contributed by atoms with Crippen LogP contribution in [0.4, 0.5) is 4.39 Å². The molecule has 0 N–H and O–H groups in total. The maximum atomic E-state index is 14.3. The molecule has 3 fully saturated rings. The van der Waals surface area contributed by atoms with Gasteiger partial charge in [0.1, 0.15) is 5.82 Å². The zero-order valence-corrected chi connectivity index (χ0v) is 15.0. The molecule has 136 valence electrons. The smallest absolute Gasteiger partial charge is 0.233 e. The topological polar surface area (TPSA) is 38.8 Å². The molecular weight excluding hydrogens is 321 g/mol. The standard InChI is InChI=1S/C20H26FNO3/c1-24-14-7-8-20(25-2)11-12-22(17(20)13-14)18(23)19(9-10-19)15-5-3-4-6-16(15)21/h3-6,14,17H,7-13H2,1-2H3/t14-,17+,20-/m1/s1. The first-order valence-electron chi connectivity index (χ1n) is 9.20. The third-order valence-electron chi connectivity index (χ3n) is 6.68. The van der Waals surface area contributed by atoms with Crippen molar-refractivity contribution in [2.24, 2.45) is 0 Å². The van der Waals surface area contributed by atoms with Crippen LogP contribution in [0.1, 0.15) is 44.1 Å². The summed E-state index contributed by atoms with van der Waals surface area (Å²) < 4.78 is 25.8. The van der Waals surface area contributed by atoms with Crippen LogP contribution in [0.5, 0.6) is 0 Å². The SMILES string of the molecule is CO[C@@H]1CC[C@@]2(OC)CCN(C(=O)C3(c4ccccc4F)CC3)[C@H]2C1. The monoisotopic (exact) mass is 347 g/mol. The number of carbonyl (C=O) groups excluding carboxylic acids is 1. The summed E-state index contributed by atoms with van der Waals surface area (Å²) in [6, 6.07) is 6.73. The molecule has 0 bridgehead atoms. The first-order valence-corrected chi connectivity index (χ1v) is 9.20. The minimum Gasteiger partial charge on any atom is -0.381 e. The Morgan fingerprint density at radius 1 is 1.20 bits per heavy atom. The van der Waals surface area contributed by atoms with Crippen molar-refractivity contribution >= 4 is 5.91 Å². The first-order chi connectivity index (χ1) is 12.1. The zero-order chi connectivity index (χ0) is 17.7. The largest absolute Gasteiger partial charge is 0.381 e. The molecule has 0 spiro atoms. The van der Waals surface area contributed by atoms with E-state index < -0.39 is 5.41 Å². The molecular formula is C20H26FNO3. The van der Waals surface area contributed by atoms with Crippen LogP contribution in [0.25, 0.3) is 0 Å². The Bertz CT molecular complexity index is 675. The molecule has 0 radical (unpaired) electrons. The molecule has 1 aromatic carbocycles. The molecule has 1 saturated heterocycles. The number of amides is 1. The lowest BCUT2D eigenvalue weighted by Gasteiger charge is -2.43. The molecule has 4 nitrogen and oxygen atoms in total. The van der Waals surface area contributed by atoms with Crippen LogP contribution in [-0.2, 0) is 19.7 Å². The molecule has 1 aromatic rings. The molecule has 2 saturated carbocycles. The minimum absolute atomic E-state index is 0.0212. The van der Waals surface area contributed by atoms with E-state index in [0.717, 1.165) is 38.5 Å². The number of methoxy groups -OCH3 is 2. The van der Waals surface area contributed by atoms with Crippen molar-refractivity contribution in [2.45, 2.75) is 61.7 Å². The van der Waals surface area contributed by atoms with Crippen molar-refractivity contribution in [3.05, 3.63) is 35.6 Å². The Morgan fingerprint density at radius 2 is 1.96 bits per heavy atom. The van der Waals surface area contributed by atoms with Crippen LogP contribution in [0.3, 0.4) is 0 Å². The van der Waals surface area contributed by atoms with E-state index in [2.05, 4.69) is 0 Å². The lowest BCUT2D eigenvalue weighted by Crippen LogP contribution is -2.54. The van der Waals surface area contributed by atoms with Crippen molar-refractivity contribution in [3.63, 3.8) is 0 Å². The summed E-state index contributed by atoms with van der Waals surface area (Å²) in [5, 5.41) is 0. The van der Waals surface area contributed by atoms with E-state index in [-0.39, 0.29) is 29.5 Å². The van der Waals surface area contributed by atoms with Gasteiger partial charge in [0, 0.05) is 26.3 Å². The molecule has 25 heavy (non-hydrogen) atoms. The van der Waals surface area contributed by atoms with Gasteiger partial charge in [-0.15, -0.1) is 0 Å². The Kier molecular flexibility index (Phi) is 4.12. The number of benzene rings is 1. The van der Waals surface area contributed by atoms with Gasteiger partial charge in [-0.3, -0.25) is 4.79 Å². The maximum Gasteiger partial charge on any atom is 0.233 e. The van der Waals surface area contributed by atoms with Gasteiger partial charge in [-0.25, -0.2) is 4.39 Å². The number of fused-ring (bicyclic) bond motifs is 1. The third kappa shape index (κ3) is 2.51. The molecule has 3 atom stereocenters. The van der Waals surface area contributed by atoms with E-state index in [0.29, 0.717) is 12.1 Å². The highest BCUT2D eigenvalue weighted by atomic mass is 19.1. The molecule has 0 aromatic heterocycles. The first kappa shape index (κ1) is 17.0. The van der Waals surface area contributed by atoms with Gasteiger partial charge in [-0.1, -0.05) is 18.2 Å². The molecule has 1 aliphatic heterocycles. The number of rotatable bonds is 4. The summed E-state index contributed by atoms with van der Waals surface area (Å²) >= 11 is 0. The van der Waals surface area contributed by atoms with Gasteiger partial charge < -0.3 is 14.4 Å². The van der Waals surface area contributed by atoms with E-state index in [1.807, 2.05) is 11.0 Å². The van der Waals surface area contributed by atoms with Gasteiger partial charge in [0.15, 0.2) is 0 Å². The van der Waals surface area contributed by atoms with E-state index in [9.17, 15) is 9.18 Å². The Balaban J connectivity index is 1.63. The normalized spacial score (nSPS) is 33.2. The molecule has 5 heteroatoms. The van der Waals surface area contributed by atoms with Gasteiger partial charge >= 0.3 is 0 Å². The summed E-state index contributed by atoms with van der Waals surface area (Å²) in [6.07, 6.45) is 5.12. The number of ether oxygens (including phenoxy) is 2. The molecule has 2 aliphatic carbocycles. The lowest BCUT2D eigenvalue weighted by molar-refractivity contribution is -0.143. The molecule has 1 amide bonds. The van der Waals surface area contributed by atoms with Crippen molar-refractivity contribution in [2.75, 3.05) is 20.8 Å². The van der Waals surface area contributed by atoms with Crippen molar-refractivity contribution < 1.29 is 18.7 Å². The van der Waals surface area contributed by atoms with Crippen LogP contribution >= 0.6 is 0 Å². The number of hydrogen-bond donors (Lipinski definition) is 0. The highest BCUT2D eigenvalue weighted by molar-refractivity contribution is 5.92. The second-order valence-electron chi connectivity index (χ2n) is 7.73. The Labute approximate surface area is 148 Å². The third-order valence-corrected chi connectivity index (χ3v) is 6.68. The minimum atomic E-state index is -0.671. The van der Waals surface area contributed by atoms with Gasteiger partial charge in [-0.2, -0.15) is 0 Å². The summed E-state index contributed by atoms with van der Waals surface area (Å²) in [7, 11) is 3.48. The van der Waals surface area contributed by atoms with Crippen LogP contribution in [0, 0.1) is 5.82 Å². The van der Waals surface area contributed by atoms with E-state index in [4.69, 9.17) is 9.47 Å². The molecule has 0 unspecified atom stereocenters. The number of halogens is 1. The molecule has 1 heterocycles. The van der Waals surface area contributed by atoms with E-state index >= 15 is 0 Å². The van der Waals surface area contributed by atoms with E-state index in [1.54, 1.807) is 26.4 Å². The number of likely N-dealkylation sites (tertiary alicyclic amines) is 1. The van der Waals surface area contributed by atoms with Crippen LogP contribution in [0.2, 0.25) is 0 Å². The fraction of sp³-hybridized carbons (Fsp3) is 0.650. The van der Waals surface area contributed by atoms with Gasteiger partial charge in [-0.05, 0) is 44.6 Å². The summed E-state index contributed by atoms with van der Waals surface area (Å²) in [6.45, 7) is 0.685. The molecule has 3 aliphatic rings. The van der Waals surface area contributed by atoms with Crippen molar-refractivity contribution in [3.8, 4) is 0 Å². The quantitative estimate of drug-likeness (QED) is 0.840. The maximum absolute atomic E-state index is 14.3. The van der Waals surface area contributed by atoms with Crippen LogP contribution in [-0.4, -0.2) is 49.3 Å². The van der Waals surface area contributed by atoms with E-state index in [1.165, 1.54) is 6.07 Å². The van der Waals surface area contributed by atoms with Gasteiger partial charge in [0.25, 0.3) is 0 Å². The fourth-order valence-electron chi connectivity index (χ4n) is 4.97. The van der Waals surface area contributed by atoms with Crippen LogP contribution in [0.15, 0.2) is 24.3 Å². The predicted octanol–water partition coefficient (Wildman–Crippen LogP) is 3.04. The zero-order valence-electron chi connectivity index (χ0n) is 15.0. The summed E-state index contributed by atoms with van der Waals surface area (Å²) in [5.74, 6) is -0.206. The highest BCUT2D eigenvalue weighted by Crippen LogP contribution is 2.53. The second kappa shape index (κ2) is 6.06. The number of hydrogen-bond acceptors (Lipinski definition) is 3. The summed E-state index contributed by atoms with van der Waals surface area (Å²) in [4.78, 5) is 15.4.